The summed E-state index contributed by atoms with van der Waals surface area (Å²) in [4.78, 5) is 26.2. The van der Waals surface area contributed by atoms with Crippen LogP contribution < -0.4 is 10.3 Å². The molecule has 1 aliphatic rings. The van der Waals surface area contributed by atoms with Crippen LogP contribution in [-0.4, -0.2) is 38.6 Å². The number of hydrogen-bond acceptors (Lipinski definition) is 6. The van der Waals surface area contributed by atoms with E-state index in [1.54, 1.807) is 25.6 Å². The largest absolute Gasteiger partial charge is 0.507 e. The molecule has 0 radical (unpaired) electrons. The van der Waals surface area contributed by atoms with Gasteiger partial charge in [0.15, 0.2) is 0 Å². The number of H-pyrrole nitrogens is 1. The van der Waals surface area contributed by atoms with Crippen LogP contribution in [-0.2, 0) is 19.5 Å². The number of nitrogens with one attached hydrogen (secondary N) is 1. The Morgan fingerprint density at radius 2 is 2.22 bits per heavy atom. The highest BCUT2D eigenvalue weighted by Gasteiger charge is 2.22. The minimum Gasteiger partial charge on any atom is -0.507 e. The van der Waals surface area contributed by atoms with Crippen molar-refractivity contribution in [2.24, 2.45) is 0 Å². The van der Waals surface area contributed by atoms with Crippen molar-refractivity contribution in [2.75, 3.05) is 13.7 Å². The van der Waals surface area contributed by atoms with Crippen molar-refractivity contribution < 1.29 is 9.84 Å². The number of aromatic hydroxyl groups is 1. The summed E-state index contributed by atoms with van der Waals surface area (Å²) in [5, 5.41) is 10.2. The Morgan fingerprint density at radius 3 is 2.96 bits per heavy atom. The highest BCUT2D eigenvalue weighted by molar-refractivity contribution is 5.53. The SMILES string of the molecule is COc1ccc(CN2CCc3c(nc(-c4cccnc4)[nH]c3=O)C2)c(O)c1. The van der Waals surface area contributed by atoms with E-state index in [0.717, 1.165) is 28.9 Å². The molecule has 1 aromatic carbocycles. The van der Waals surface area contributed by atoms with Gasteiger partial charge in [-0.15, -0.1) is 0 Å². The van der Waals surface area contributed by atoms with Gasteiger partial charge in [-0.3, -0.25) is 14.7 Å². The van der Waals surface area contributed by atoms with E-state index in [-0.39, 0.29) is 11.3 Å². The number of nitrogens with zero attached hydrogens (tertiary/aromatic N) is 3. The van der Waals surface area contributed by atoms with Crippen molar-refractivity contribution >= 4 is 0 Å². The zero-order valence-electron chi connectivity index (χ0n) is 15.0. The standard InChI is InChI=1S/C20H20N4O3/c1-27-15-5-4-14(18(25)9-15)11-24-8-6-16-17(12-24)22-19(23-20(16)26)13-3-2-7-21-10-13/h2-5,7,9-10,25H,6,8,11-12H2,1H3,(H,22,23,26). The molecule has 0 saturated heterocycles. The van der Waals surface area contributed by atoms with E-state index in [1.165, 1.54) is 0 Å². The normalized spacial score (nSPS) is 14.0. The molecule has 2 aromatic heterocycles. The number of benzene rings is 1. The Kier molecular flexibility index (Phi) is 4.60. The maximum Gasteiger partial charge on any atom is 0.254 e. The number of phenolic OH excluding ortho intramolecular Hbond substituents is 1. The molecule has 4 rings (SSSR count). The molecule has 0 amide bonds. The highest BCUT2D eigenvalue weighted by Crippen LogP contribution is 2.26. The van der Waals surface area contributed by atoms with Crippen LogP contribution >= 0.6 is 0 Å². The van der Waals surface area contributed by atoms with Crippen molar-refractivity contribution in [1.82, 2.24) is 19.9 Å². The molecule has 3 heterocycles. The van der Waals surface area contributed by atoms with E-state index in [1.807, 2.05) is 24.3 Å². The third-order valence-corrected chi connectivity index (χ3v) is 4.77. The van der Waals surface area contributed by atoms with Gasteiger partial charge in [-0.25, -0.2) is 4.98 Å². The molecule has 3 aromatic rings. The van der Waals surface area contributed by atoms with Crippen LogP contribution in [0.15, 0.2) is 47.5 Å². The van der Waals surface area contributed by atoms with Gasteiger partial charge in [0.25, 0.3) is 5.56 Å². The molecule has 2 N–H and O–H groups in total. The molecule has 0 fully saturated rings. The fourth-order valence-corrected chi connectivity index (χ4v) is 3.31. The Morgan fingerprint density at radius 1 is 1.33 bits per heavy atom. The summed E-state index contributed by atoms with van der Waals surface area (Å²) in [7, 11) is 1.57. The number of rotatable bonds is 4. The Balaban J connectivity index is 1.59. The van der Waals surface area contributed by atoms with Crippen molar-refractivity contribution in [3.05, 3.63) is 69.9 Å². The minimum absolute atomic E-state index is 0.0919. The lowest BCUT2D eigenvalue weighted by Gasteiger charge is -2.28. The monoisotopic (exact) mass is 364 g/mol. The quantitative estimate of drug-likeness (QED) is 0.737. The average Bonchev–Trinajstić information content (AvgIpc) is 2.70. The van der Waals surface area contributed by atoms with Crippen molar-refractivity contribution in [2.45, 2.75) is 19.5 Å². The van der Waals surface area contributed by atoms with Gasteiger partial charge < -0.3 is 14.8 Å². The van der Waals surface area contributed by atoms with Crippen LogP contribution in [0.5, 0.6) is 11.5 Å². The minimum atomic E-state index is -0.0919. The lowest BCUT2D eigenvalue weighted by atomic mass is 10.0. The van der Waals surface area contributed by atoms with Crippen LogP contribution in [0.4, 0.5) is 0 Å². The van der Waals surface area contributed by atoms with Crippen molar-refractivity contribution in [3.8, 4) is 22.9 Å². The Bertz CT molecular complexity index is 1020. The second-order valence-electron chi connectivity index (χ2n) is 6.54. The predicted molar refractivity (Wildman–Crippen MR) is 101 cm³/mol. The first kappa shape index (κ1) is 17.2. The average molecular weight is 364 g/mol. The topological polar surface area (TPSA) is 91.3 Å². The molecular weight excluding hydrogens is 344 g/mol. The second-order valence-corrected chi connectivity index (χ2v) is 6.54. The summed E-state index contributed by atoms with van der Waals surface area (Å²) in [6.07, 6.45) is 3.99. The molecule has 7 heteroatoms. The fourth-order valence-electron chi connectivity index (χ4n) is 3.31. The lowest BCUT2D eigenvalue weighted by molar-refractivity contribution is 0.237. The summed E-state index contributed by atoms with van der Waals surface area (Å²) in [5.41, 5.74) is 3.01. The van der Waals surface area contributed by atoms with Gasteiger partial charge in [-0.2, -0.15) is 0 Å². The lowest BCUT2D eigenvalue weighted by Crippen LogP contribution is -2.35. The number of pyridine rings is 1. The molecule has 0 spiro atoms. The Hall–Kier alpha value is -3.19. The zero-order valence-corrected chi connectivity index (χ0v) is 15.0. The molecule has 1 aliphatic heterocycles. The van der Waals surface area contributed by atoms with Gasteiger partial charge in [-0.05, 0) is 24.6 Å². The number of hydrogen-bond donors (Lipinski definition) is 2. The number of aromatic nitrogens is 3. The molecular formula is C20H20N4O3. The third-order valence-electron chi connectivity index (χ3n) is 4.77. The van der Waals surface area contributed by atoms with Gasteiger partial charge in [0.2, 0.25) is 0 Å². The third kappa shape index (κ3) is 3.54. The fraction of sp³-hybridized carbons (Fsp3) is 0.250. The Labute approximate surface area is 156 Å². The molecule has 0 saturated carbocycles. The van der Waals surface area contributed by atoms with E-state index in [4.69, 9.17) is 4.74 Å². The number of ether oxygens (including phenoxy) is 1. The van der Waals surface area contributed by atoms with Crippen molar-refractivity contribution in [1.29, 1.82) is 0 Å². The molecule has 27 heavy (non-hydrogen) atoms. The first-order valence-electron chi connectivity index (χ1n) is 8.75. The maximum atomic E-state index is 12.5. The van der Waals surface area contributed by atoms with E-state index in [0.29, 0.717) is 31.1 Å². The molecule has 0 atom stereocenters. The molecule has 0 unspecified atom stereocenters. The highest BCUT2D eigenvalue weighted by atomic mass is 16.5. The molecule has 0 bridgehead atoms. The molecule has 7 nitrogen and oxygen atoms in total. The van der Waals surface area contributed by atoms with Crippen LogP contribution in [0.3, 0.4) is 0 Å². The van der Waals surface area contributed by atoms with E-state index < -0.39 is 0 Å². The maximum absolute atomic E-state index is 12.5. The molecule has 138 valence electrons. The van der Waals surface area contributed by atoms with E-state index in [9.17, 15) is 9.90 Å². The number of phenols is 1. The number of fused-ring (bicyclic) bond motifs is 1. The van der Waals surface area contributed by atoms with Crippen LogP contribution in [0.1, 0.15) is 16.8 Å². The van der Waals surface area contributed by atoms with E-state index >= 15 is 0 Å². The van der Waals surface area contributed by atoms with Gasteiger partial charge >= 0.3 is 0 Å². The van der Waals surface area contributed by atoms with Gasteiger partial charge in [0, 0.05) is 54.8 Å². The van der Waals surface area contributed by atoms with Crippen molar-refractivity contribution in [3.63, 3.8) is 0 Å². The predicted octanol–water partition coefficient (Wildman–Crippen LogP) is 2.10. The van der Waals surface area contributed by atoms with Gasteiger partial charge in [0.05, 0.1) is 12.8 Å². The summed E-state index contributed by atoms with van der Waals surface area (Å²) >= 11 is 0. The summed E-state index contributed by atoms with van der Waals surface area (Å²) < 4.78 is 5.13. The van der Waals surface area contributed by atoms with Crippen LogP contribution in [0, 0.1) is 0 Å². The first-order valence-corrected chi connectivity index (χ1v) is 8.75. The van der Waals surface area contributed by atoms with E-state index in [2.05, 4.69) is 19.9 Å². The smallest absolute Gasteiger partial charge is 0.254 e. The summed E-state index contributed by atoms with van der Waals surface area (Å²) in [6.45, 7) is 1.86. The number of aromatic amines is 1. The first-order chi connectivity index (χ1) is 13.1. The van der Waals surface area contributed by atoms with Gasteiger partial charge in [0.1, 0.15) is 17.3 Å². The zero-order chi connectivity index (χ0) is 18.8. The number of methoxy groups -OCH3 is 1. The summed E-state index contributed by atoms with van der Waals surface area (Å²) in [5.74, 6) is 1.35. The molecule has 0 aliphatic carbocycles. The summed E-state index contributed by atoms with van der Waals surface area (Å²) in [6, 6.07) is 8.98. The second kappa shape index (κ2) is 7.20. The van der Waals surface area contributed by atoms with Gasteiger partial charge in [-0.1, -0.05) is 6.07 Å². The van der Waals surface area contributed by atoms with Crippen LogP contribution in [0.25, 0.3) is 11.4 Å². The van der Waals surface area contributed by atoms with Crippen LogP contribution in [0.2, 0.25) is 0 Å².